The van der Waals surface area contributed by atoms with Crippen LogP contribution >= 0.6 is 23.2 Å². The van der Waals surface area contributed by atoms with Gasteiger partial charge in [-0.1, -0.05) is 61.3 Å². The lowest BCUT2D eigenvalue weighted by Crippen LogP contribution is -2.36. The number of benzene rings is 2. The SMILES string of the molecule is CCN(CC)Cc1ccc(CNC(=O)CNC(=O)c2ccc(Cl)c(Cl)c2)cc1. The molecule has 0 spiro atoms. The molecule has 0 heterocycles. The van der Waals surface area contributed by atoms with E-state index < -0.39 is 0 Å². The van der Waals surface area contributed by atoms with E-state index in [4.69, 9.17) is 23.2 Å². The molecule has 2 aromatic rings. The van der Waals surface area contributed by atoms with Crippen LogP contribution in [0.1, 0.15) is 35.3 Å². The molecule has 0 saturated heterocycles. The molecule has 0 aliphatic rings. The van der Waals surface area contributed by atoms with Gasteiger partial charge in [-0.15, -0.1) is 0 Å². The van der Waals surface area contributed by atoms with Gasteiger partial charge in [0.25, 0.3) is 5.91 Å². The minimum Gasteiger partial charge on any atom is -0.350 e. The first-order chi connectivity index (χ1) is 13.4. The topological polar surface area (TPSA) is 61.4 Å². The van der Waals surface area contributed by atoms with E-state index in [1.165, 1.54) is 11.6 Å². The third-order valence-corrected chi connectivity index (χ3v) is 5.14. The molecule has 150 valence electrons. The van der Waals surface area contributed by atoms with Crippen molar-refractivity contribution in [2.75, 3.05) is 19.6 Å². The molecule has 2 rings (SSSR count). The summed E-state index contributed by atoms with van der Waals surface area (Å²) < 4.78 is 0. The Hall–Kier alpha value is -2.08. The van der Waals surface area contributed by atoms with Crippen LogP contribution in [0.25, 0.3) is 0 Å². The summed E-state index contributed by atoms with van der Waals surface area (Å²) in [4.78, 5) is 26.4. The first kappa shape index (κ1) is 22.2. The van der Waals surface area contributed by atoms with E-state index in [2.05, 4.69) is 41.5 Å². The zero-order valence-corrected chi connectivity index (χ0v) is 17.6. The maximum absolute atomic E-state index is 12.1. The lowest BCUT2D eigenvalue weighted by atomic mass is 10.1. The van der Waals surface area contributed by atoms with Crippen molar-refractivity contribution in [3.8, 4) is 0 Å². The maximum atomic E-state index is 12.1. The lowest BCUT2D eigenvalue weighted by Gasteiger charge is -2.18. The highest BCUT2D eigenvalue weighted by Gasteiger charge is 2.10. The third-order valence-electron chi connectivity index (χ3n) is 4.40. The summed E-state index contributed by atoms with van der Waals surface area (Å²) in [5.74, 6) is -0.643. The number of halogens is 2. The van der Waals surface area contributed by atoms with E-state index in [1.807, 2.05) is 12.1 Å². The Bertz CT molecular complexity index is 806. The van der Waals surface area contributed by atoms with Crippen molar-refractivity contribution in [1.29, 1.82) is 0 Å². The molecule has 28 heavy (non-hydrogen) atoms. The second kappa shape index (κ2) is 11.1. The molecule has 0 aliphatic heterocycles. The van der Waals surface area contributed by atoms with Crippen molar-refractivity contribution < 1.29 is 9.59 Å². The predicted molar refractivity (Wildman–Crippen MR) is 114 cm³/mol. The van der Waals surface area contributed by atoms with E-state index in [9.17, 15) is 9.59 Å². The summed E-state index contributed by atoms with van der Waals surface area (Å²) in [6, 6.07) is 12.7. The zero-order valence-electron chi connectivity index (χ0n) is 16.1. The zero-order chi connectivity index (χ0) is 20.5. The second-order valence-electron chi connectivity index (χ2n) is 6.37. The number of nitrogens with zero attached hydrogens (tertiary/aromatic N) is 1. The fourth-order valence-electron chi connectivity index (χ4n) is 2.63. The van der Waals surface area contributed by atoms with Gasteiger partial charge < -0.3 is 10.6 Å². The predicted octanol–water partition coefficient (Wildman–Crippen LogP) is 3.88. The van der Waals surface area contributed by atoms with Gasteiger partial charge in [0.05, 0.1) is 16.6 Å². The van der Waals surface area contributed by atoms with Gasteiger partial charge in [-0.25, -0.2) is 0 Å². The standard InChI is InChI=1S/C21H25Cl2N3O2/c1-3-26(4-2)14-16-7-5-15(6-8-16)12-24-20(27)13-25-21(28)17-9-10-18(22)19(23)11-17/h5-11H,3-4,12-14H2,1-2H3,(H,24,27)(H,25,28). The molecule has 0 bridgehead atoms. The van der Waals surface area contributed by atoms with Crippen LogP contribution in [0.2, 0.25) is 10.0 Å². The Kier molecular flexibility index (Phi) is 8.77. The van der Waals surface area contributed by atoms with Crippen molar-refractivity contribution in [3.05, 3.63) is 69.2 Å². The first-order valence-electron chi connectivity index (χ1n) is 9.23. The van der Waals surface area contributed by atoms with Gasteiger partial charge in [-0.2, -0.15) is 0 Å². The summed E-state index contributed by atoms with van der Waals surface area (Å²) in [7, 11) is 0. The number of carbonyl (C=O) groups is 2. The van der Waals surface area contributed by atoms with Gasteiger partial charge >= 0.3 is 0 Å². The highest BCUT2D eigenvalue weighted by atomic mass is 35.5. The van der Waals surface area contributed by atoms with Crippen LogP contribution in [0.4, 0.5) is 0 Å². The Labute approximate surface area is 176 Å². The third kappa shape index (κ3) is 6.82. The molecule has 0 unspecified atom stereocenters. The van der Waals surface area contributed by atoms with Crippen molar-refractivity contribution in [3.63, 3.8) is 0 Å². The maximum Gasteiger partial charge on any atom is 0.251 e. The van der Waals surface area contributed by atoms with Crippen molar-refractivity contribution in [2.24, 2.45) is 0 Å². The number of hydrogen-bond acceptors (Lipinski definition) is 3. The number of nitrogens with one attached hydrogen (secondary N) is 2. The lowest BCUT2D eigenvalue weighted by molar-refractivity contribution is -0.120. The minimum absolute atomic E-state index is 0.112. The number of amides is 2. The van der Waals surface area contributed by atoms with E-state index >= 15 is 0 Å². The average molecular weight is 422 g/mol. The van der Waals surface area contributed by atoms with Crippen molar-refractivity contribution in [1.82, 2.24) is 15.5 Å². The fourth-order valence-corrected chi connectivity index (χ4v) is 2.93. The van der Waals surface area contributed by atoms with Gasteiger partial charge in [0.2, 0.25) is 5.91 Å². The molecule has 0 atom stereocenters. The fraction of sp³-hybridized carbons (Fsp3) is 0.333. The van der Waals surface area contributed by atoms with Gasteiger partial charge in [0.15, 0.2) is 0 Å². The Morgan fingerprint density at radius 2 is 1.54 bits per heavy atom. The highest BCUT2D eigenvalue weighted by Crippen LogP contribution is 2.22. The first-order valence-corrected chi connectivity index (χ1v) is 9.98. The Morgan fingerprint density at radius 3 is 2.14 bits per heavy atom. The number of carbonyl (C=O) groups excluding carboxylic acids is 2. The van der Waals surface area contributed by atoms with Gasteiger partial charge in [0, 0.05) is 18.7 Å². The summed E-state index contributed by atoms with van der Waals surface area (Å²) in [5, 5.41) is 6.03. The largest absolute Gasteiger partial charge is 0.350 e. The molecule has 0 saturated carbocycles. The second-order valence-corrected chi connectivity index (χ2v) is 7.18. The van der Waals surface area contributed by atoms with Crippen LogP contribution < -0.4 is 10.6 Å². The summed E-state index contributed by atoms with van der Waals surface area (Å²) in [5.41, 5.74) is 2.60. The van der Waals surface area contributed by atoms with E-state index in [0.717, 1.165) is 25.2 Å². The monoisotopic (exact) mass is 421 g/mol. The van der Waals surface area contributed by atoms with Crippen LogP contribution in [0.15, 0.2) is 42.5 Å². The molecular formula is C21H25Cl2N3O2. The molecule has 0 aliphatic carbocycles. The number of hydrogen-bond donors (Lipinski definition) is 2. The Balaban J connectivity index is 1.77. The molecule has 2 N–H and O–H groups in total. The normalized spacial score (nSPS) is 10.8. The van der Waals surface area contributed by atoms with Crippen LogP contribution in [0, 0.1) is 0 Å². The molecule has 0 aromatic heterocycles. The minimum atomic E-state index is -0.380. The smallest absolute Gasteiger partial charge is 0.251 e. The van der Waals surface area contributed by atoms with Crippen molar-refractivity contribution >= 4 is 35.0 Å². The molecule has 7 heteroatoms. The van der Waals surface area contributed by atoms with Crippen molar-refractivity contribution in [2.45, 2.75) is 26.9 Å². The van der Waals surface area contributed by atoms with Crippen LogP contribution in [-0.2, 0) is 17.9 Å². The van der Waals surface area contributed by atoms with Crippen LogP contribution in [0.3, 0.4) is 0 Å². The quantitative estimate of drug-likeness (QED) is 0.645. The van der Waals surface area contributed by atoms with E-state index in [0.29, 0.717) is 22.2 Å². The molecule has 2 amide bonds. The molecule has 2 aromatic carbocycles. The summed E-state index contributed by atoms with van der Waals surface area (Å²) in [6.45, 7) is 7.54. The van der Waals surface area contributed by atoms with Crippen LogP contribution in [0.5, 0.6) is 0 Å². The van der Waals surface area contributed by atoms with E-state index in [1.54, 1.807) is 12.1 Å². The summed E-state index contributed by atoms with van der Waals surface area (Å²) in [6.07, 6.45) is 0. The van der Waals surface area contributed by atoms with Gasteiger partial charge in [0.1, 0.15) is 0 Å². The van der Waals surface area contributed by atoms with Gasteiger partial charge in [-0.05, 0) is 42.4 Å². The molecule has 0 fully saturated rings. The number of rotatable bonds is 9. The van der Waals surface area contributed by atoms with E-state index in [-0.39, 0.29) is 18.4 Å². The van der Waals surface area contributed by atoms with Crippen LogP contribution in [-0.4, -0.2) is 36.3 Å². The molecule has 0 radical (unpaired) electrons. The van der Waals surface area contributed by atoms with Gasteiger partial charge in [-0.3, -0.25) is 14.5 Å². The molecule has 5 nitrogen and oxygen atoms in total. The highest BCUT2D eigenvalue weighted by molar-refractivity contribution is 6.42. The molecular weight excluding hydrogens is 397 g/mol. The average Bonchev–Trinajstić information content (AvgIpc) is 2.71. The summed E-state index contributed by atoms with van der Waals surface area (Å²) >= 11 is 11.7. The Morgan fingerprint density at radius 1 is 0.893 bits per heavy atom.